The Morgan fingerprint density at radius 3 is 2.64 bits per heavy atom. The van der Waals surface area contributed by atoms with Gasteiger partial charge < -0.3 is 10.1 Å². The third-order valence-electron chi connectivity index (χ3n) is 7.82. The van der Waals surface area contributed by atoms with Crippen molar-refractivity contribution in [1.82, 2.24) is 15.0 Å². The first kappa shape index (κ1) is 22.7. The number of pyridine rings is 1. The van der Waals surface area contributed by atoms with E-state index in [0.717, 1.165) is 6.54 Å². The Balaban J connectivity index is 1.41. The Morgan fingerprint density at radius 2 is 1.97 bits per heavy atom. The lowest BCUT2D eigenvalue weighted by molar-refractivity contribution is -0.140. The maximum atomic E-state index is 13.6. The fourth-order valence-corrected chi connectivity index (χ4v) is 7.03. The fourth-order valence-electron chi connectivity index (χ4n) is 5.75. The van der Waals surface area contributed by atoms with Crippen LogP contribution in [0, 0.1) is 23.2 Å². The molecule has 0 bridgehead atoms. The number of nitrogens with one attached hydrogen (secondary N) is 2. The number of hydrogen-bond acceptors (Lipinski definition) is 6. The molecular formula is C25H33N3O4S. The van der Waals surface area contributed by atoms with Crippen LogP contribution in [0.5, 0.6) is 0 Å². The Labute approximate surface area is 195 Å². The summed E-state index contributed by atoms with van der Waals surface area (Å²) in [7, 11) is -4.03. The maximum absolute atomic E-state index is 13.6. The van der Waals surface area contributed by atoms with E-state index in [1.54, 1.807) is 30.5 Å². The molecule has 2 aromatic rings. The molecule has 3 fully saturated rings. The average molecular weight is 472 g/mol. The van der Waals surface area contributed by atoms with E-state index in [0.29, 0.717) is 42.1 Å². The molecule has 178 valence electrons. The molecule has 2 N–H and O–H groups in total. The molecular weight excluding hydrogens is 438 g/mol. The van der Waals surface area contributed by atoms with Gasteiger partial charge in [-0.1, -0.05) is 25.3 Å². The fraction of sp³-hybridized carbons (Fsp3) is 0.600. The zero-order valence-electron chi connectivity index (χ0n) is 19.3. The van der Waals surface area contributed by atoms with Crippen molar-refractivity contribution in [2.75, 3.05) is 13.1 Å². The van der Waals surface area contributed by atoms with Crippen LogP contribution in [-0.4, -0.2) is 44.6 Å². The molecule has 8 heteroatoms. The van der Waals surface area contributed by atoms with Crippen molar-refractivity contribution in [3.8, 4) is 0 Å². The van der Waals surface area contributed by atoms with Crippen LogP contribution in [0.1, 0.15) is 46.0 Å². The highest BCUT2D eigenvalue weighted by atomic mass is 32.2. The third-order valence-corrected chi connectivity index (χ3v) is 9.21. The lowest BCUT2D eigenvalue weighted by Crippen LogP contribution is -2.57. The summed E-state index contributed by atoms with van der Waals surface area (Å²) in [6.07, 6.45) is 6.70. The van der Waals surface area contributed by atoms with E-state index in [-0.39, 0.29) is 23.0 Å². The van der Waals surface area contributed by atoms with E-state index < -0.39 is 21.3 Å². The molecule has 1 amide bonds. The first-order valence-corrected chi connectivity index (χ1v) is 13.6. The summed E-state index contributed by atoms with van der Waals surface area (Å²) in [6.45, 7) is 5.65. The molecule has 1 aromatic heterocycles. The first-order valence-electron chi connectivity index (χ1n) is 12.1. The van der Waals surface area contributed by atoms with Gasteiger partial charge in [0.2, 0.25) is 5.91 Å². The Morgan fingerprint density at radius 1 is 1.18 bits per heavy atom. The quantitative estimate of drug-likeness (QED) is 0.643. The number of aromatic nitrogens is 1. The maximum Gasteiger partial charge on any atom is 0.264 e. The van der Waals surface area contributed by atoms with Gasteiger partial charge in [0.25, 0.3) is 10.0 Å². The van der Waals surface area contributed by atoms with Crippen molar-refractivity contribution in [3.63, 3.8) is 0 Å². The molecule has 0 spiro atoms. The molecule has 7 nitrogen and oxygen atoms in total. The minimum Gasteiger partial charge on any atom is -0.375 e. The zero-order valence-corrected chi connectivity index (χ0v) is 20.1. The Hall–Kier alpha value is -2.03. The molecule has 1 saturated heterocycles. The summed E-state index contributed by atoms with van der Waals surface area (Å²) in [6, 6.07) is 8.37. The van der Waals surface area contributed by atoms with Crippen molar-refractivity contribution in [1.29, 1.82) is 0 Å². The van der Waals surface area contributed by atoms with Gasteiger partial charge in [0.15, 0.2) is 0 Å². The van der Waals surface area contributed by atoms with Crippen LogP contribution in [0.3, 0.4) is 0 Å². The number of nitrogens with zero attached hydrogens (tertiary/aromatic N) is 1. The summed E-state index contributed by atoms with van der Waals surface area (Å²) in [4.78, 5) is 17.9. The molecule has 2 aliphatic carbocycles. The zero-order chi connectivity index (χ0) is 23.2. The highest BCUT2D eigenvalue weighted by Crippen LogP contribution is 2.56. The summed E-state index contributed by atoms with van der Waals surface area (Å²) >= 11 is 0. The van der Waals surface area contributed by atoms with E-state index in [4.69, 9.17) is 4.74 Å². The van der Waals surface area contributed by atoms with E-state index in [1.807, 2.05) is 13.8 Å². The molecule has 2 saturated carbocycles. The monoisotopic (exact) mass is 471 g/mol. The summed E-state index contributed by atoms with van der Waals surface area (Å²) in [5, 5.41) is 4.05. The van der Waals surface area contributed by atoms with E-state index in [9.17, 15) is 13.2 Å². The SMILES string of the molecule is CC(C)OC1C(C2CCC2)CNCC1C1(C(=O)NS(=O)(=O)c2cccc3ncccc23)CC1. The number of fused-ring (bicyclic) bond motifs is 1. The molecule has 33 heavy (non-hydrogen) atoms. The molecule has 2 heterocycles. The molecule has 3 aliphatic rings. The van der Waals surface area contributed by atoms with E-state index in [1.165, 1.54) is 25.3 Å². The second-order valence-corrected chi connectivity index (χ2v) is 11.8. The van der Waals surface area contributed by atoms with Gasteiger partial charge >= 0.3 is 0 Å². The van der Waals surface area contributed by atoms with Crippen molar-refractivity contribution >= 4 is 26.8 Å². The number of sulfonamides is 1. The molecule has 5 rings (SSSR count). The van der Waals surface area contributed by atoms with Crippen molar-refractivity contribution in [2.24, 2.45) is 23.2 Å². The third kappa shape index (κ3) is 4.17. The number of carbonyl (C=O) groups is 1. The summed E-state index contributed by atoms with van der Waals surface area (Å²) in [5.41, 5.74) is -0.121. The Bertz CT molecular complexity index is 1140. The predicted molar refractivity (Wildman–Crippen MR) is 126 cm³/mol. The predicted octanol–water partition coefficient (Wildman–Crippen LogP) is 3.25. The smallest absolute Gasteiger partial charge is 0.264 e. The number of piperidine rings is 1. The summed E-state index contributed by atoms with van der Waals surface area (Å²) < 4.78 is 35.5. The summed E-state index contributed by atoms with van der Waals surface area (Å²) in [5.74, 6) is 0.547. The van der Waals surface area contributed by atoms with Crippen molar-refractivity contribution < 1.29 is 17.9 Å². The van der Waals surface area contributed by atoms with Crippen molar-refractivity contribution in [2.45, 2.75) is 63.1 Å². The van der Waals surface area contributed by atoms with Gasteiger partial charge in [0.05, 0.1) is 28.0 Å². The molecule has 3 unspecified atom stereocenters. The van der Waals surface area contributed by atoms with Crippen LogP contribution in [0.25, 0.3) is 10.9 Å². The van der Waals surface area contributed by atoms with Crippen LogP contribution in [0.15, 0.2) is 41.4 Å². The van der Waals surface area contributed by atoms with Gasteiger partial charge in [-0.05, 0) is 56.9 Å². The van der Waals surface area contributed by atoms with Gasteiger partial charge in [0.1, 0.15) is 0 Å². The number of amides is 1. The van der Waals surface area contributed by atoms with E-state index >= 15 is 0 Å². The average Bonchev–Trinajstić information content (AvgIpc) is 3.54. The normalized spacial score (nSPS) is 27.3. The topological polar surface area (TPSA) is 97.4 Å². The van der Waals surface area contributed by atoms with Gasteiger partial charge in [-0.15, -0.1) is 0 Å². The highest BCUT2D eigenvalue weighted by molar-refractivity contribution is 7.90. The number of rotatable bonds is 7. The lowest BCUT2D eigenvalue weighted by Gasteiger charge is -2.47. The van der Waals surface area contributed by atoms with Crippen LogP contribution in [-0.2, 0) is 19.6 Å². The standard InChI is InChI=1S/C25H33N3O4S/c1-16(2)32-23-19(17-6-3-7-17)14-26-15-20(23)25(11-12-25)24(29)28-33(30,31)22-10-4-9-21-18(22)8-5-13-27-21/h4-5,8-10,13,16-17,19-20,23,26H,3,6-7,11-12,14-15H2,1-2H3,(H,28,29). The van der Waals surface area contributed by atoms with E-state index in [2.05, 4.69) is 15.0 Å². The number of ether oxygens (including phenoxy) is 1. The molecule has 3 atom stereocenters. The largest absolute Gasteiger partial charge is 0.375 e. The number of hydrogen-bond donors (Lipinski definition) is 2. The number of benzene rings is 1. The van der Waals surface area contributed by atoms with Crippen LogP contribution in [0.2, 0.25) is 0 Å². The van der Waals surface area contributed by atoms with Crippen molar-refractivity contribution in [3.05, 3.63) is 36.5 Å². The minimum atomic E-state index is -4.03. The van der Waals surface area contributed by atoms with Crippen LogP contribution >= 0.6 is 0 Å². The molecule has 1 aliphatic heterocycles. The van der Waals surface area contributed by atoms with Crippen LogP contribution in [0.4, 0.5) is 0 Å². The molecule has 1 aromatic carbocycles. The highest BCUT2D eigenvalue weighted by Gasteiger charge is 2.61. The van der Waals surface area contributed by atoms with Gasteiger partial charge in [-0.25, -0.2) is 13.1 Å². The number of carbonyl (C=O) groups excluding carboxylic acids is 1. The van der Waals surface area contributed by atoms with Crippen LogP contribution < -0.4 is 10.0 Å². The van der Waals surface area contributed by atoms with Gasteiger partial charge in [-0.2, -0.15) is 0 Å². The first-order chi connectivity index (χ1) is 15.8. The van der Waals surface area contributed by atoms with Gasteiger partial charge in [0, 0.05) is 36.5 Å². The second kappa shape index (κ2) is 8.64. The lowest BCUT2D eigenvalue weighted by atomic mass is 9.66. The minimum absolute atomic E-state index is 0.0331. The molecule has 0 radical (unpaired) electrons. The van der Waals surface area contributed by atoms with Gasteiger partial charge in [-0.3, -0.25) is 9.78 Å². The second-order valence-electron chi connectivity index (χ2n) is 10.2. The Kier molecular flexibility index (Phi) is 5.95.